The minimum atomic E-state index is -4.87. The van der Waals surface area contributed by atoms with Gasteiger partial charge in [0, 0.05) is 12.8 Å². The lowest BCUT2D eigenvalue weighted by molar-refractivity contribution is -0.161. The van der Waals surface area contributed by atoms with Gasteiger partial charge in [0.05, 0.1) is 25.9 Å². The number of allylic oxidation sites excluding steroid dienone is 8. The van der Waals surface area contributed by atoms with Crippen LogP contribution in [0.25, 0.3) is 0 Å². The summed E-state index contributed by atoms with van der Waals surface area (Å²) in [6, 6.07) is 0. The number of esters is 2. The third kappa shape index (κ3) is 36.7. The molecule has 0 aliphatic carbocycles. The van der Waals surface area contributed by atoms with Crippen LogP contribution in [0.2, 0.25) is 0 Å². The molecule has 54 heavy (non-hydrogen) atoms. The summed E-state index contributed by atoms with van der Waals surface area (Å²) in [7, 11) is -9.70. The Bertz CT molecular complexity index is 1220. The number of hydrogen-bond donors (Lipinski definition) is 5. The smallest absolute Gasteiger partial charge is 0.462 e. The van der Waals surface area contributed by atoms with Crippen LogP contribution in [-0.2, 0) is 41.8 Å². The van der Waals surface area contributed by atoms with Gasteiger partial charge in [-0.1, -0.05) is 120 Å². The van der Waals surface area contributed by atoms with Gasteiger partial charge in [-0.2, -0.15) is 0 Å². The van der Waals surface area contributed by atoms with Crippen LogP contribution in [0.4, 0.5) is 0 Å². The predicted octanol–water partition coefficient (Wildman–Crippen LogP) is 7.71. The summed E-state index contributed by atoms with van der Waals surface area (Å²) in [4.78, 5) is 52.4. The Morgan fingerprint density at radius 1 is 0.667 bits per heavy atom. The van der Waals surface area contributed by atoms with Crippen molar-refractivity contribution in [1.82, 2.24) is 0 Å². The van der Waals surface area contributed by atoms with Crippen LogP contribution in [0.1, 0.15) is 117 Å². The monoisotopic (exact) mass is 808 g/mol. The van der Waals surface area contributed by atoms with Crippen LogP contribution in [0.15, 0.2) is 60.8 Å². The first-order valence-corrected chi connectivity index (χ1v) is 22.0. The van der Waals surface area contributed by atoms with E-state index in [0.29, 0.717) is 38.0 Å². The molecule has 4 atom stereocenters. The second-order valence-corrected chi connectivity index (χ2v) is 15.8. The fourth-order valence-electron chi connectivity index (χ4n) is 4.53. The lowest BCUT2D eigenvalue weighted by Gasteiger charge is -2.20. The van der Waals surface area contributed by atoms with Gasteiger partial charge in [0.2, 0.25) is 0 Å². The lowest BCUT2D eigenvalue weighted by atomic mass is 10.0. The van der Waals surface area contributed by atoms with Crippen molar-refractivity contribution in [3.8, 4) is 0 Å². The number of aliphatic hydroxyl groups excluding tert-OH is 2. The van der Waals surface area contributed by atoms with Gasteiger partial charge in [-0.15, -0.1) is 0 Å². The van der Waals surface area contributed by atoms with E-state index < -0.39 is 72.3 Å². The summed E-state index contributed by atoms with van der Waals surface area (Å²) in [5.41, 5.74) is 0. The van der Waals surface area contributed by atoms with E-state index in [-0.39, 0.29) is 12.8 Å². The highest BCUT2D eigenvalue weighted by Gasteiger charge is 2.28. The highest BCUT2D eigenvalue weighted by molar-refractivity contribution is 7.47. The maximum Gasteiger partial charge on any atom is 0.472 e. The molecule has 0 amide bonds. The molecule has 0 bridgehead atoms. The second kappa shape index (κ2) is 33.0. The zero-order chi connectivity index (χ0) is 40.5. The number of rotatable bonds is 34. The quantitative estimate of drug-likeness (QED) is 0.0138. The van der Waals surface area contributed by atoms with E-state index in [2.05, 4.69) is 42.0 Å². The van der Waals surface area contributed by atoms with Crippen molar-refractivity contribution >= 4 is 27.6 Å². The molecule has 5 N–H and O–H groups in total. The van der Waals surface area contributed by atoms with Crippen LogP contribution in [0, 0.1) is 5.92 Å². The highest BCUT2D eigenvalue weighted by atomic mass is 31.2. The Morgan fingerprint density at radius 2 is 1.28 bits per heavy atom. The summed E-state index contributed by atoms with van der Waals surface area (Å²) >= 11 is 0. The molecular weight excluding hydrogens is 742 g/mol. The third-order valence-corrected chi connectivity index (χ3v) is 8.86. The predicted molar refractivity (Wildman–Crippen MR) is 208 cm³/mol. The number of unbranched alkanes of at least 4 members (excludes halogenated alkanes) is 6. The number of carbonyl (C=O) groups is 2. The molecule has 0 radical (unpaired) electrons. The molecule has 0 rings (SSSR count). The van der Waals surface area contributed by atoms with Gasteiger partial charge in [-0.3, -0.25) is 23.2 Å². The Hall–Kier alpha value is -2.22. The topological polar surface area (TPSA) is 216 Å². The van der Waals surface area contributed by atoms with Crippen LogP contribution in [0.5, 0.6) is 0 Å². The molecule has 2 unspecified atom stereocenters. The zero-order valence-electron chi connectivity index (χ0n) is 32.3. The van der Waals surface area contributed by atoms with Gasteiger partial charge >= 0.3 is 27.6 Å². The molecule has 312 valence electrons. The average Bonchev–Trinajstić information content (AvgIpc) is 3.10. The van der Waals surface area contributed by atoms with Gasteiger partial charge in [0.25, 0.3) is 0 Å². The number of aliphatic hydroxyl groups is 2. The molecule has 0 aromatic carbocycles. The Morgan fingerprint density at radius 3 is 1.98 bits per heavy atom. The number of phosphoric ester groups is 2. The minimum absolute atomic E-state index is 0.0187. The van der Waals surface area contributed by atoms with E-state index in [1.807, 2.05) is 36.5 Å². The molecule has 0 fully saturated rings. The van der Waals surface area contributed by atoms with E-state index >= 15 is 0 Å². The first-order valence-electron chi connectivity index (χ1n) is 18.9. The lowest BCUT2D eigenvalue weighted by Crippen LogP contribution is -2.29. The van der Waals surface area contributed by atoms with E-state index in [9.17, 15) is 33.8 Å². The zero-order valence-corrected chi connectivity index (χ0v) is 34.1. The van der Waals surface area contributed by atoms with Crippen molar-refractivity contribution in [2.75, 3.05) is 26.4 Å². The summed E-state index contributed by atoms with van der Waals surface area (Å²) in [5.74, 6) is -0.463. The van der Waals surface area contributed by atoms with E-state index in [4.69, 9.17) is 23.8 Å². The summed E-state index contributed by atoms with van der Waals surface area (Å²) in [6.07, 6.45) is 27.3. The second-order valence-electron chi connectivity index (χ2n) is 13.2. The minimum Gasteiger partial charge on any atom is -0.462 e. The van der Waals surface area contributed by atoms with Crippen molar-refractivity contribution < 1.29 is 66.7 Å². The maximum absolute atomic E-state index is 12.6. The summed E-state index contributed by atoms with van der Waals surface area (Å²) in [5, 5.41) is 19.7. The molecule has 0 saturated heterocycles. The molecule has 0 aliphatic rings. The number of ether oxygens (including phenoxy) is 2. The molecular formula is C38H66O14P2. The van der Waals surface area contributed by atoms with Gasteiger partial charge in [-0.25, -0.2) is 9.13 Å². The van der Waals surface area contributed by atoms with Gasteiger partial charge in [-0.05, 0) is 50.9 Å². The van der Waals surface area contributed by atoms with E-state index in [1.165, 1.54) is 12.8 Å². The molecule has 0 aromatic rings. The standard InChI is InChI=1S/C38H66O14P2/c1-4-5-6-7-15-20-25-34(39)26-21-16-10-8-9-11-18-23-28-38(42)52-36(31-48-37(41)27-22-17-13-12-14-19-24-33(2)3)32-51-54(46,47)50-30-35(40)29-49-53(43,44)45/h5-6,9-11,15-16,20-21,26,33-36,39-40H,4,7-8,12-14,17-19,22-25,27-32H2,1-3H3,(H,46,47)(H2,43,44,45)/b6-5-,11-9-,16-10-,20-15-,26-21+/t34?,35-,36+/m0/s1. The van der Waals surface area contributed by atoms with Crippen LogP contribution in [0.3, 0.4) is 0 Å². The largest absolute Gasteiger partial charge is 0.472 e. The normalized spacial score (nSPS) is 15.6. The SMILES string of the molecule is CC/C=C\C/C=C\CC(O)/C=C/C=C\C/C=C\CCCC(=O)O[C@H](COC(=O)CCCCCCCCC(C)C)COP(=O)(O)OC[C@@H](O)COP(=O)(O)O. The molecule has 14 nitrogen and oxygen atoms in total. The van der Waals surface area contributed by atoms with Crippen molar-refractivity contribution in [2.45, 2.75) is 135 Å². The van der Waals surface area contributed by atoms with Gasteiger partial charge < -0.3 is 34.4 Å². The van der Waals surface area contributed by atoms with Crippen LogP contribution in [-0.4, -0.2) is 81.6 Å². The highest BCUT2D eigenvalue weighted by Crippen LogP contribution is 2.43. The van der Waals surface area contributed by atoms with E-state index in [1.54, 1.807) is 12.2 Å². The van der Waals surface area contributed by atoms with Crippen LogP contribution >= 0.6 is 15.6 Å². The Balaban J connectivity index is 4.76. The molecule has 16 heteroatoms. The molecule has 0 aromatic heterocycles. The number of hydrogen-bond acceptors (Lipinski definition) is 11. The fraction of sp³-hybridized carbons (Fsp3) is 0.684. The molecule has 0 spiro atoms. The first kappa shape index (κ1) is 51.8. The number of carbonyl (C=O) groups excluding carboxylic acids is 2. The Labute approximate surface area is 322 Å². The van der Waals surface area contributed by atoms with Crippen molar-refractivity contribution in [3.05, 3.63) is 60.8 Å². The third-order valence-electron chi connectivity index (χ3n) is 7.42. The van der Waals surface area contributed by atoms with Crippen molar-refractivity contribution in [2.24, 2.45) is 5.92 Å². The summed E-state index contributed by atoms with van der Waals surface area (Å²) in [6.45, 7) is 3.65. The summed E-state index contributed by atoms with van der Waals surface area (Å²) < 4.78 is 47.4. The average molecular weight is 809 g/mol. The van der Waals surface area contributed by atoms with Crippen molar-refractivity contribution in [3.63, 3.8) is 0 Å². The van der Waals surface area contributed by atoms with E-state index in [0.717, 1.165) is 38.5 Å². The molecule has 0 heterocycles. The van der Waals surface area contributed by atoms with Crippen LogP contribution < -0.4 is 0 Å². The Kier molecular flexibility index (Phi) is 31.6. The first-order chi connectivity index (χ1) is 25.6. The maximum atomic E-state index is 12.6. The van der Waals surface area contributed by atoms with Gasteiger partial charge in [0.1, 0.15) is 12.7 Å². The van der Waals surface area contributed by atoms with Gasteiger partial charge in [0.15, 0.2) is 6.10 Å². The van der Waals surface area contributed by atoms with Crippen molar-refractivity contribution in [1.29, 1.82) is 0 Å². The molecule has 0 aliphatic heterocycles. The fourth-order valence-corrected chi connectivity index (χ4v) is 5.69. The molecule has 0 saturated carbocycles. The number of phosphoric acid groups is 2.